The van der Waals surface area contributed by atoms with Gasteiger partial charge in [-0.15, -0.1) is 0 Å². The Bertz CT molecular complexity index is 450. The van der Waals surface area contributed by atoms with E-state index in [1.807, 2.05) is 30.4 Å². The van der Waals surface area contributed by atoms with Crippen molar-refractivity contribution in [1.82, 2.24) is 0 Å². The summed E-state index contributed by atoms with van der Waals surface area (Å²) in [6.07, 6.45) is 10.6. The number of allylic oxidation sites excluding steroid dienone is 2. The molecule has 0 heterocycles. The van der Waals surface area contributed by atoms with Crippen LogP contribution in [0.25, 0.3) is 0 Å². The van der Waals surface area contributed by atoms with Gasteiger partial charge in [0.05, 0.1) is 0 Å². The maximum atomic E-state index is 5.77. The van der Waals surface area contributed by atoms with Crippen molar-refractivity contribution in [3.05, 3.63) is 78.8 Å². The Morgan fingerprint density at radius 1 is 1.25 bits per heavy atom. The summed E-state index contributed by atoms with van der Waals surface area (Å²) in [6.45, 7) is 3.52. The summed E-state index contributed by atoms with van der Waals surface area (Å²) >= 11 is 0. The maximum Gasteiger partial charge on any atom is 0.156 e. The summed E-state index contributed by atoms with van der Waals surface area (Å²) in [5.41, 5.74) is 3.39. The highest BCUT2D eigenvalue weighted by atomic mass is 16.5. The maximum absolute atomic E-state index is 5.77. The monoisotopic (exact) mass is 210 g/mol. The summed E-state index contributed by atoms with van der Waals surface area (Å²) in [6, 6.07) is 10.2. The molecule has 0 spiro atoms. The minimum absolute atomic E-state index is 0.402. The van der Waals surface area contributed by atoms with Crippen molar-refractivity contribution in [3.8, 4) is 0 Å². The standard InChI is InChI=1S/C15H14O/c1-2-13-16-15(11-7-4-8-12-15)14-9-5-3-6-10-14/h3-11,13H,1,12H2. The van der Waals surface area contributed by atoms with Gasteiger partial charge < -0.3 is 4.74 Å². The molecule has 1 aliphatic carbocycles. The second kappa shape index (κ2) is 4.69. The van der Waals surface area contributed by atoms with E-state index in [4.69, 9.17) is 4.74 Å². The van der Waals surface area contributed by atoms with Crippen LogP contribution >= 0.6 is 0 Å². The summed E-state index contributed by atoms with van der Waals surface area (Å²) < 4.78 is 5.77. The average molecular weight is 210 g/mol. The van der Waals surface area contributed by atoms with Crippen molar-refractivity contribution in [3.63, 3.8) is 0 Å². The van der Waals surface area contributed by atoms with Crippen LogP contribution in [0.4, 0.5) is 0 Å². The molecule has 1 aromatic carbocycles. The van der Waals surface area contributed by atoms with Crippen LogP contribution < -0.4 is 0 Å². The van der Waals surface area contributed by atoms with E-state index in [1.165, 1.54) is 6.26 Å². The van der Waals surface area contributed by atoms with Gasteiger partial charge in [0.15, 0.2) is 5.60 Å². The summed E-state index contributed by atoms with van der Waals surface area (Å²) in [5, 5.41) is 0. The Kier molecular flexibility index (Phi) is 3.09. The molecule has 0 aliphatic heterocycles. The molecule has 1 aliphatic rings. The molecule has 0 amide bonds. The van der Waals surface area contributed by atoms with Crippen molar-refractivity contribution < 1.29 is 4.74 Å². The number of rotatable bonds is 3. The van der Waals surface area contributed by atoms with Crippen molar-refractivity contribution in [2.45, 2.75) is 12.0 Å². The molecule has 0 bridgehead atoms. The third-order valence-corrected chi connectivity index (χ3v) is 2.65. The van der Waals surface area contributed by atoms with Gasteiger partial charge in [-0.25, -0.2) is 0 Å². The average Bonchev–Trinajstić information content (AvgIpc) is 2.38. The van der Waals surface area contributed by atoms with E-state index in [-0.39, 0.29) is 0 Å². The highest BCUT2D eigenvalue weighted by Crippen LogP contribution is 2.33. The van der Waals surface area contributed by atoms with Gasteiger partial charge in [0.2, 0.25) is 0 Å². The predicted molar refractivity (Wildman–Crippen MR) is 65.8 cm³/mol. The lowest BCUT2D eigenvalue weighted by molar-refractivity contribution is 0.0678. The van der Waals surface area contributed by atoms with Crippen LogP contribution in [0.3, 0.4) is 0 Å². The lowest BCUT2D eigenvalue weighted by atomic mass is 9.87. The zero-order valence-corrected chi connectivity index (χ0v) is 9.10. The third-order valence-electron chi connectivity index (χ3n) is 2.65. The first-order chi connectivity index (χ1) is 7.87. The number of benzene rings is 1. The highest BCUT2D eigenvalue weighted by molar-refractivity contribution is 5.32. The molecule has 1 aromatic rings. The second-order valence-electron chi connectivity index (χ2n) is 3.69. The van der Waals surface area contributed by atoms with Gasteiger partial charge in [-0.2, -0.15) is 0 Å². The SMILES string of the molecule is C=C=COC1(c2ccccc2)C=CC=CC1. The smallest absolute Gasteiger partial charge is 0.156 e. The van der Waals surface area contributed by atoms with Gasteiger partial charge in [0.1, 0.15) is 6.26 Å². The molecular formula is C15H14O. The highest BCUT2D eigenvalue weighted by Gasteiger charge is 2.30. The van der Waals surface area contributed by atoms with Crippen LogP contribution in [0.1, 0.15) is 12.0 Å². The summed E-state index contributed by atoms with van der Waals surface area (Å²) in [4.78, 5) is 0. The first-order valence-electron chi connectivity index (χ1n) is 5.29. The van der Waals surface area contributed by atoms with E-state index < -0.39 is 5.60 Å². The van der Waals surface area contributed by atoms with E-state index in [0.717, 1.165) is 12.0 Å². The normalized spacial score (nSPS) is 22.5. The fraction of sp³-hybridized carbons (Fsp3) is 0.133. The molecular weight excluding hydrogens is 196 g/mol. The topological polar surface area (TPSA) is 9.23 Å². The molecule has 1 heteroatoms. The number of hydrogen-bond donors (Lipinski definition) is 0. The summed E-state index contributed by atoms with van der Waals surface area (Å²) in [7, 11) is 0. The van der Waals surface area contributed by atoms with Crippen molar-refractivity contribution in [2.24, 2.45) is 0 Å². The van der Waals surface area contributed by atoms with Crippen molar-refractivity contribution in [1.29, 1.82) is 0 Å². The van der Waals surface area contributed by atoms with E-state index >= 15 is 0 Å². The number of ether oxygens (including phenoxy) is 1. The quantitative estimate of drug-likeness (QED) is 0.546. The van der Waals surface area contributed by atoms with Gasteiger partial charge >= 0.3 is 0 Å². The lowest BCUT2D eigenvalue weighted by Crippen LogP contribution is -2.25. The first kappa shape index (κ1) is 10.5. The van der Waals surface area contributed by atoms with Crippen LogP contribution in [-0.2, 0) is 10.3 Å². The molecule has 0 aromatic heterocycles. The van der Waals surface area contributed by atoms with E-state index in [0.29, 0.717) is 0 Å². The Balaban J connectivity index is 2.38. The minimum atomic E-state index is -0.402. The Labute approximate surface area is 96.1 Å². The van der Waals surface area contributed by atoms with Gasteiger partial charge in [0, 0.05) is 6.42 Å². The van der Waals surface area contributed by atoms with Gasteiger partial charge in [0.25, 0.3) is 0 Å². The van der Waals surface area contributed by atoms with E-state index in [9.17, 15) is 0 Å². The van der Waals surface area contributed by atoms with Gasteiger partial charge in [-0.3, -0.25) is 0 Å². The zero-order chi connectivity index (χ0) is 11.3. The first-order valence-corrected chi connectivity index (χ1v) is 5.29. The minimum Gasteiger partial charge on any atom is -0.478 e. The Morgan fingerprint density at radius 3 is 2.69 bits per heavy atom. The van der Waals surface area contributed by atoms with Crippen LogP contribution in [0.15, 0.2) is 73.2 Å². The van der Waals surface area contributed by atoms with Crippen LogP contribution in [0, 0.1) is 0 Å². The van der Waals surface area contributed by atoms with Crippen LogP contribution in [0.5, 0.6) is 0 Å². The molecule has 16 heavy (non-hydrogen) atoms. The molecule has 0 fully saturated rings. The Hall–Kier alpha value is -1.98. The van der Waals surface area contributed by atoms with E-state index in [2.05, 4.69) is 36.6 Å². The Morgan fingerprint density at radius 2 is 2.06 bits per heavy atom. The molecule has 0 N–H and O–H groups in total. The largest absolute Gasteiger partial charge is 0.478 e. The fourth-order valence-corrected chi connectivity index (χ4v) is 1.84. The van der Waals surface area contributed by atoms with E-state index in [1.54, 1.807) is 0 Å². The molecule has 1 unspecified atom stereocenters. The van der Waals surface area contributed by atoms with Gasteiger partial charge in [-0.05, 0) is 11.6 Å². The van der Waals surface area contributed by atoms with Crippen LogP contribution in [-0.4, -0.2) is 0 Å². The molecule has 2 rings (SSSR count). The van der Waals surface area contributed by atoms with Crippen LogP contribution in [0.2, 0.25) is 0 Å². The van der Waals surface area contributed by atoms with Crippen molar-refractivity contribution in [2.75, 3.05) is 0 Å². The molecule has 1 nitrogen and oxygen atoms in total. The zero-order valence-electron chi connectivity index (χ0n) is 9.10. The molecule has 0 saturated carbocycles. The molecule has 80 valence electrons. The summed E-state index contributed by atoms with van der Waals surface area (Å²) in [5.74, 6) is 0. The molecule has 0 saturated heterocycles. The van der Waals surface area contributed by atoms with Gasteiger partial charge in [-0.1, -0.05) is 60.9 Å². The molecule has 1 atom stereocenters. The molecule has 0 radical (unpaired) electrons. The second-order valence-corrected chi connectivity index (χ2v) is 3.69. The van der Waals surface area contributed by atoms with Crippen molar-refractivity contribution >= 4 is 0 Å². The fourth-order valence-electron chi connectivity index (χ4n) is 1.84. The third kappa shape index (κ3) is 2.00. The lowest BCUT2D eigenvalue weighted by Gasteiger charge is -2.30. The number of hydrogen-bond acceptors (Lipinski definition) is 1. The predicted octanol–water partition coefficient (Wildman–Crippen LogP) is 3.71.